The van der Waals surface area contributed by atoms with E-state index in [1.54, 1.807) is 36.4 Å². The van der Waals surface area contributed by atoms with Crippen LogP contribution in [-0.4, -0.2) is 23.8 Å². The van der Waals surface area contributed by atoms with Gasteiger partial charge < -0.3 is 14.5 Å². The van der Waals surface area contributed by atoms with Gasteiger partial charge in [-0.05, 0) is 30.3 Å². The number of nitrogens with zero attached hydrogens (tertiary/aromatic N) is 1. The fourth-order valence-electron chi connectivity index (χ4n) is 2.37. The first kappa shape index (κ1) is 15.2. The molecule has 3 rings (SSSR count). The molecule has 3 aromatic rings. The third kappa shape index (κ3) is 2.57. The fourth-order valence-corrected chi connectivity index (χ4v) is 2.49. The van der Waals surface area contributed by atoms with Crippen molar-refractivity contribution in [2.75, 3.05) is 14.2 Å². The Balaban J connectivity index is 2.35. The van der Waals surface area contributed by atoms with Crippen LogP contribution >= 0.6 is 11.6 Å². The summed E-state index contributed by atoms with van der Waals surface area (Å²) in [4.78, 5) is 27.7. The number of rotatable bonds is 3. The van der Waals surface area contributed by atoms with Gasteiger partial charge in [-0.25, -0.2) is 9.36 Å². The minimum atomic E-state index is -0.544. The number of benzene rings is 2. The number of methoxy groups -OCH3 is 2. The molecule has 1 heterocycles. The van der Waals surface area contributed by atoms with E-state index in [9.17, 15) is 9.59 Å². The van der Waals surface area contributed by atoms with Gasteiger partial charge in [0.1, 0.15) is 0 Å². The normalized spacial score (nSPS) is 10.7. The van der Waals surface area contributed by atoms with Crippen LogP contribution in [0.15, 0.2) is 46.0 Å². The number of aromatic nitrogens is 2. The van der Waals surface area contributed by atoms with Gasteiger partial charge in [0.15, 0.2) is 11.5 Å². The number of H-pyrrole nitrogens is 1. The summed E-state index contributed by atoms with van der Waals surface area (Å²) in [6, 6.07) is 9.53. The molecule has 118 valence electrons. The van der Waals surface area contributed by atoms with Crippen molar-refractivity contribution in [2.24, 2.45) is 0 Å². The average molecular weight is 333 g/mol. The summed E-state index contributed by atoms with van der Waals surface area (Å²) in [5.41, 5.74) is -0.190. The van der Waals surface area contributed by atoms with Crippen molar-refractivity contribution in [2.45, 2.75) is 0 Å². The molecule has 0 aliphatic heterocycles. The summed E-state index contributed by atoms with van der Waals surface area (Å²) in [6.45, 7) is 0. The van der Waals surface area contributed by atoms with Crippen LogP contribution in [0.25, 0.3) is 16.6 Å². The van der Waals surface area contributed by atoms with Crippen molar-refractivity contribution in [3.8, 4) is 17.2 Å². The van der Waals surface area contributed by atoms with Crippen LogP contribution < -0.4 is 20.7 Å². The lowest BCUT2D eigenvalue weighted by Crippen LogP contribution is -2.33. The first-order chi connectivity index (χ1) is 11.0. The van der Waals surface area contributed by atoms with Crippen LogP contribution in [0.1, 0.15) is 0 Å². The van der Waals surface area contributed by atoms with Crippen LogP contribution in [0.5, 0.6) is 11.5 Å². The Hall–Kier alpha value is -2.73. The highest BCUT2D eigenvalue weighted by molar-refractivity contribution is 6.30. The minimum Gasteiger partial charge on any atom is -0.493 e. The second-order valence-corrected chi connectivity index (χ2v) is 5.24. The van der Waals surface area contributed by atoms with Gasteiger partial charge in [-0.2, -0.15) is 0 Å². The Morgan fingerprint density at radius 1 is 1.00 bits per heavy atom. The Labute approximate surface area is 135 Å². The predicted octanol–water partition coefficient (Wildman–Crippen LogP) is 2.35. The number of aromatic amines is 1. The molecule has 1 aromatic heterocycles. The van der Waals surface area contributed by atoms with Crippen molar-refractivity contribution in [3.63, 3.8) is 0 Å². The van der Waals surface area contributed by atoms with Crippen LogP contribution in [-0.2, 0) is 0 Å². The number of hydrogen-bond acceptors (Lipinski definition) is 4. The topological polar surface area (TPSA) is 73.3 Å². The van der Waals surface area contributed by atoms with Crippen molar-refractivity contribution in [1.29, 1.82) is 0 Å². The summed E-state index contributed by atoms with van der Waals surface area (Å²) in [6.07, 6.45) is 0. The van der Waals surface area contributed by atoms with E-state index in [4.69, 9.17) is 21.1 Å². The molecule has 7 heteroatoms. The third-order valence-corrected chi connectivity index (χ3v) is 3.74. The molecule has 0 unspecified atom stereocenters. The van der Waals surface area contributed by atoms with Gasteiger partial charge in [0.2, 0.25) is 0 Å². The summed E-state index contributed by atoms with van der Waals surface area (Å²) in [5, 5.41) is 0.836. The van der Waals surface area contributed by atoms with Crippen molar-refractivity contribution < 1.29 is 9.47 Å². The van der Waals surface area contributed by atoms with E-state index in [0.29, 0.717) is 33.1 Å². The molecule has 0 aliphatic carbocycles. The quantitative estimate of drug-likeness (QED) is 0.799. The summed E-state index contributed by atoms with van der Waals surface area (Å²) in [5.74, 6) is 0.839. The molecule has 0 radical (unpaired) electrons. The number of ether oxygens (including phenoxy) is 2. The molecule has 0 fully saturated rings. The van der Waals surface area contributed by atoms with E-state index >= 15 is 0 Å². The zero-order chi connectivity index (χ0) is 16.6. The summed E-state index contributed by atoms with van der Waals surface area (Å²) in [7, 11) is 2.96. The first-order valence-electron chi connectivity index (χ1n) is 6.72. The van der Waals surface area contributed by atoms with Crippen molar-refractivity contribution in [3.05, 3.63) is 62.3 Å². The van der Waals surface area contributed by atoms with Crippen molar-refractivity contribution >= 4 is 22.5 Å². The van der Waals surface area contributed by atoms with E-state index in [1.165, 1.54) is 14.2 Å². The van der Waals surface area contributed by atoms with Gasteiger partial charge in [0.25, 0.3) is 5.56 Å². The molecule has 1 N–H and O–H groups in total. The van der Waals surface area contributed by atoms with Gasteiger partial charge in [-0.15, -0.1) is 0 Å². The maximum atomic E-state index is 12.7. The molecule has 0 aliphatic rings. The minimum absolute atomic E-state index is 0.317. The molecule has 0 saturated carbocycles. The van der Waals surface area contributed by atoms with Gasteiger partial charge in [-0.1, -0.05) is 11.6 Å². The highest BCUT2D eigenvalue weighted by Crippen LogP contribution is 2.29. The van der Waals surface area contributed by atoms with Crippen molar-refractivity contribution in [1.82, 2.24) is 9.55 Å². The highest BCUT2D eigenvalue weighted by atomic mass is 35.5. The Kier molecular flexibility index (Phi) is 3.83. The molecule has 0 atom stereocenters. The second-order valence-electron chi connectivity index (χ2n) is 4.80. The number of nitrogens with one attached hydrogen (secondary N) is 1. The van der Waals surface area contributed by atoms with Crippen LogP contribution in [0.3, 0.4) is 0 Å². The van der Waals surface area contributed by atoms with Crippen LogP contribution in [0, 0.1) is 0 Å². The third-order valence-electron chi connectivity index (χ3n) is 3.49. The summed E-state index contributed by atoms with van der Waals surface area (Å²) < 4.78 is 11.4. The lowest BCUT2D eigenvalue weighted by Gasteiger charge is -2.10. The van der Waals surface area contributed by atoms with Crippen LogP contribution in [0.4, 0.5) is 0 Å². The highest BCUT2D eigenvalue weighted by Gasteiger charge is 2.13. The Morgan fingerprint density at radius 3 is 2.22 bits per heavy atom. The molecule has 0 bridgehead atoms. The van der Waals surface area contributed by atoms with Crippen LogP contribution in [0.2, 0.25) is 5.02 Å². The number of fused-ring (bicyclic) bond motifs is 1. The van der Waals surface area contributed by atoms with E-state index in [0.717, 1.165) is 4.57 Å². The monoisotopic (exact) mass is 332 g/mol. The summed E-state index contributed by atoms with van der Waals surface area (Å²) >= 11 is 5.84. The van der Waals surface area contributed by atoms with Gasteiger partial charge in [0, 0.05) is 11.1 Å². The number of halogens is 1. The van der Waals surface area contributed by atoms with Gasteiger partial charge in [0.05, 0.1) is 30.8 Å². The molecule has 23 heavy (non-hydrogen) atoms. The standard InChI is InChI=1S/C16H13ClN2O4/c1-22-13-7-11-12(8-14(13)23-2)18-16(21)19(15(11)20)10-5-3-9(17)4-6-10/h3-8H,1-2H3,(H,18,21). The maximum Gasteiger partial charge on any atom is 0.333 e. The zero-order valence-electron chi connectivity index (χ0n) is 12.4. The van der Waals surface area contributed by atoms with Gasteiger partial charge >= 0.3 is 5.69 Å². The lowest BCUT2D eigenvalue weighted by atomic mass is 10.2. The molecule has 2 aromatic carbocycles. The average Bonchev–Trinajstić information content (AvgIpc) is 2.55. The largest absolute Gasteiger partial charge is 0.493 e. The molecule has 0 amide bonds. The molecule has 6 nitrogen and oxygen atoms in total. The SMILES string of the molecule is COc1cc2[nH]c(=O)n(-c3ccc(Cl)cc3)c(=O)c2cc1OC. The van der Waals surface area contributed by atoms with Gasteiger partial charge in [-0.3, -0.25) is 4.79 Å². The maximum absolute atomic E-state index is 12.7. The molecular weight excluding hydrogens is 320 g/mol. The lowest BCUT2D eigenvalue weighted by molar-refractivity contribution is 0.355. The molecule has 0 saturated heterocycles. The Morgan fingerprint density at radius 2 is 1.61 bits per heavy atom. The van der Waals surface area contributed by atoms with E-state index in [2.05, 4.69) is 4.98 Å². The zero-order valence-corrected chi connectivity index (χ0v) is 13.2. The first-order valence-corrected chi connectivity index (χ1v) is 7.10. The van der Waals surface area contributed by atoms with E-state index in [1.807, 2.05) is 0 Å². The Bertz CT molecular complexity index is 990. The molecule has 0 spiro atoms. The smallest absolute Gasteiger partial charge is 0.333 e. The predicted molar refractivity (Wildman–Crippen MR) is 88.3 cm³/mol. The van der Waals surface area contributed by atoms with E-state index in [-0.39, 0.29) is 0 Å². The number of hydrogen-bond donors (Lipinski definition) is 1. The molecular formula is C16H13ClN2O4. The van der Waals surface area contributed by atoms with E-state index < -0.39 is 11.2 Å². The second kappa shape index (κ2) is 5.81. The fraction of sp³-hybridized carbons (Fsp3) is 0.125.